The van der Waals surface area contributed by atoms with Crippen LogP contribution in [0.15, 0.2) is 30.3 Å². The lowest BCUT2D eigenvalue weighted by Gasteiger charge is -2.40. The fourth-order valence-corrected chi connectivity index (χ4v) is 9.13. The van der Waals surface area contributed by atoms with E-state index in [2.05, 4.69) is 180 Å². The highest BCUT2D eigenvalue weighted by Gasteiger charge is 2.30. The molecule has 0 unspecified atom stereocenters. The summed E-state index contributed by atoms with van der Waals surface area (Å²) in [6.45, 7) is 61.9. The third-order valence-electron chi connectivity index (χ3n) is 14.3. The minimum atomic E-state index is 0.310. The summed E-state index contributed by atoms with van der Waals surface area (Å²) in [5, 5.41) is 8.81. The molecule has 5 aliphatic heterocycles. The number of nitrogens with zero attached hydrogens (tertiary/aromatic N) is 5. The van der Waals surface area contributed by atoms with Crippen LogP contribution in [-0.4, -0.2) is 222 Å². The van der Waals surface area contributed by atoms with Crippen LogP contribution in [-0.2, 0) is 6.54 Å². The van der Waals surface area contributed by atoms with Gasteiger partial charge >= 0.3 is 0 Å². The first-order chi connectivity index (χ1) is 29.1. The molecule has 5 aliphatic rings. The van der Waals surface area contributed by atoms with E-state index >= 15 is 0 Å². The molecule has 1 aromatic carbocycles. The van der Waals surface area contributed by atoms with E-state index in [4.69, 9.17) is 5.11 Å². The number of hydrogen-bond acceptors (Lipinski definition) is 6. The molecule has 0 spiro atoms. The molecule has 63 heavy (non-hydrogen) atoms. The van der Waals surface area contributed by atoms with E-state index in [0.717, 1.165) is 6.54 Å². The van der Waals surface area contributed by atoms with Crippen LogP contribution in [0.3, 0.4) is 0 Å². The van der Waals surface area contributed by atoms with E-state index in [0.29, 0.717) is 34.3 Å². The van der Waals surface area contributed by atoms with E-state index in [-0.39, 0.29) is 0 Å². The molecule has 0 aliphatic carbocycles. The molecular formula is C52H111N10O+5. The third kappa shape index (κ3) is 23.9. The predicted molar refractivity (Wildman–Crippen MR) is 270 cm³/mol. The minimum Gasteiger partial charge on any atom is -0.391 e. The van der Waals surface area contributed by atoms with E-state index in [1.54, 1.807) is 24.5 Å². The Morgan fingerprint density at radius 2 is 0.619 bits per heavy atom. The maximum atomic E-state index is 8.81. The summed E-state index contributed by atoms with van der Waals surface area (Å²) >= 11 is 0. The topological polar surface area (TPSA) is 58.6 Å². The lowest BCUT2D eigenvalue weighted by atomic mass is 10.0. The second-order valence-corrected chi connectivity index (χ2v) is 24.8. The monoisotopic (exact) mass is 892 g/mol. The molecule has 6 rings (SSSR count). The van der Waals surface area contributed by atoms with Crippen molar-refractivity contribution in [2.75, 3.05) is 165 Å². The van der Waals surface area contributed by atoms with Crippen LogP contribution in [0.2, 0.25) is 0 Å². The molecule has 11 nitrogen and oxygen atoms in total. The van der Waals surface area contributed by atoms with Crippen LogP contribution in [0.1, 0.15) is 109 Å². The number of aliphatic hydroxyl groups is 1. The van der Waals surface area contributed by atoms with Crippen molar-refractivity contribution >= 4 is 0 Å². The number of hydrogen-bond donors (Lipinski definition) is 6. The number of rotatable bonds is 4. The van der Waals surface area contributed by atoms with Crippen LogP contribution in [0.4, 0.5) is 0 Å². The zero-order valence-electron chi connectivity index (χ0n) is 45.3. The normalized spacial score (nSPS) is 22.4. The van der Waals surface area contributed by atoms with Gasteiger partial charge in [-0.2, -0.15) is 0 Å². The molecule has 0 saturated carbocycles. The molecule has 5 fully saturated rings. The first kappa shape index (κ1) is 57.9. The van der Waals surface area contributed by atoms with Crippen LogP contribution >= 0.6 is 0 Å². The Hall–Kier alpha value is -1.22. The van der Waals surface area contributed by atoms with Gasteiger partial charge in [-0.05, 0) is 104 Å². The largest absolute Gasteiger partial charge is 0.391 e. The first-order valence-corrected chi connectivity index (χ1v) is 25.6. The molecule has 0 aromatic heterocycles. The van der Waals surface area contributed by atoms with Crippen LogP contribution in [0.25, 0.3) is 0 Å². The van der Waals surface area contributed by atoms with E-state index in [9.17, 15) is 0 Å². The average molecular weight is 893 g/mol. The van der Waals surface area contributed by atoms with Gasteiger partial charge in [0.1, 0.15) is 13.1 Å². The number of nitrogens with one attached hydrogen (secondary N) is 5. The van der Waals surface area contributed by atoms with Crippen molar-refractivity contribution < 1.29 is 29.6 Å². The zero-order chi connectivity index (χ0) is 47.6. The molecular weight excluding hydrogens is 781 g/mol. The fourth-order valence-electron chi connectivity index (χ4n) is 9.13. The van der Waals surface area contributed by atoms with Gasteiger partial charge in [-0.25, -0.2) is 0 Å². The smallest absolute Gasteiger partial charge is 0.103 e. The molecule has 0 atom stereocenters. The standard InChI is InChI=1S/C15H24N2.C10H22N2O.3C9H20N2/c1-15(2,3)17-11-9-16(10-12-17)13-14-7-5-4-6-8-14;1-10(2,3)12-6-4-11(5-7-12)8-9-13;3*1-9(2,3)11-7-5-10(4)6-8-11/h4-8H,9-13H2,1-3H3;13H,4-9H2,1-3H3;3*5-8H2,1-4H3/p+5. The molecule has 0 bridgehead atoms. The van der Waals surface area contributed by atoms with Crippen molar-refractivity contribution in [1.82, 2.24) is 24.5 Å². The highest BCUT2D eigenvalue weighted by Crippen LogP contribution is 2.15. The summed E-state index contributed by atoms with van der Waals surface area (Å²) in [7, 11) is 6.83. The molecule has 6 N–H and O–H groups in total. The van der Waals surface area contributed by atoms with Gasteiger partial charge in [0.05, 0.1) is 93.2 Å². The quantitative estimate of drug-likeness (QED) is 0.234. The molecule has 0 radical (unpaired) electrons. The third-order valence-corrected chi connectivity index (χ3v) is 14.3. The van der Waals surface area contributed by atoms with Gasteiger partial charge in [0.15, 0.2) is 0 Å². The summed E-state index contributed by atoms with van der Waals surface area (Å²) < 4.78 is 0. The molecule has 1 aromatic rings. The van der Waals surface area contributed by atoms with E-state index < -0.39 is 0 Å². The van der Waals surface area contributed by atoms with Gasteiger partial charge in [0, 0.05) is 98.7 Å². The summed E-state index contributed by atoms with van der Waals surface area (Å²) in [4.78, 5) is 21.1. The summed E-state index contributed by atoms with van der Waals surface area (Å²) in [6.07, 6.45) is 0. The molecule has 5 saturated heterocycles. The summed E-state index contributed by atoms with van der Waals surface area (Å²) in [5.41, 5.74) is 3.23. The second-order valence-electron chi connectivity index (χ2n) is 24.8. The number of piperazine rings is 5. The van der Waals surface area contributed by atoms with Gasteiger partial charge in [0.25, 0.3) is 0 Å². The maximum Gasteiger partial charge on any atom is 0.103 e. The van der Waals surface area contributed by atoms with E-state index in [1.165, 1.54) is 143 Å². The van der Waals surface area contributed by atoms with Crippen molar-refractivity contribution in [1.29, 1.82) is 0 Å². The molecule has 370 valence electrons. The van der Waals surface area contributed by atoms with Gasteiger partial charge in [-0.1, -0.05) is 30.3 Å². The Morgan fingerprint density at radius 3 is 0.857 bits per heavy atom. The SMILES string of the molecule is CC(C)(C)N1CC[NH+](CCO)CC1.CC(C)(C)N1CC[NH+](Cc2ccccc2)CC1.C[NH+]1CCN(C(C)(C)C)CC1.C[NH+]1CCN(C(C)(C)C)CC1.C[NH+]1CCN(C(C)(C)C)CC1. The predicted octanol–water partition coefficient (Wildman–Crippen LogP) is -0.991. The van der Waals surface area contributed by atoms with Gasteiger partial charge < -0.3 is 29.6 Å². The summed E-state index contributed by atoms with van der Waals surface area (Å²) in [5.74, 6) is 0. The highest BCUT2D eigenvalue weighted by atomic mass is 16.3. The number of likely N-dealkylation sites (N-methyl/N-ethyl adjacent to an activating group) is 3. The number of benzene rings is 1. The maximum absolute atomic E-state index is 8.81. The van der Waals surface area contributed by atoms with Crippen molar-refractivity contribution in [3.63, 3.8) is 0 Å². The lowest BCUT2D eigenvalue weighted by Crippen LogP contribution is -3.15. The van der Waals surface area contributed by atoms with Crippen molar-refractivity contribution in [3.05, 3.63) is 35.9 Å². The van der Waals surface area contributed by atoms with Crippen LogP contribution < -0.4 is 24.5 Å². The Kier molecular flexibility index (Phi) is 24.8. The number of quaternary nitrogens is 5. The minimum absolute atomic E-state index is 0.310. The zero-order valence-corrected chi connectivity index (χ0v) is 45.3. The van der Waals surface area contributed by atoms with Gasteiger partial charge in [-0.3, -0.25) is 24.5 Å². The van der Waals surface area contributed by atoms with Crippen LogP contribution in [0.5, 0.6) is 0 Å². The van der Waals surface area contributed by atoms with Crippen molar-refractivity contribution in [2.45, 2.75) is 138 Å². The highest BCUT2D eigenvalue weighted by molar-refractivity contribution is 5.13. The average Bonchev–Trinajstić information content (AvgIpc) is 3.19. The van der Waals surface area contributed by atoms with Gasteiger partial charge in [0.2, 0.25) is 0 Å². The van der Waals surface area contributed by atoms with Crippen LogP contribution in [0, 0.1) is 0 Å². The van der Waals surface area contributed by atoms with E-state index in [1.807, 2.05) is 0 Å². The Morgan fingerprint density at radius 1 is 0.381 bits per heavy atom. The molecule has 11 heteroatoms. The lowest BCUT2D eigenvalue weighted by molar-refractivity contribution is -0.918. The van der Waals surface area contributed by atoms with Gasteiger partial charge in [-0.15, -0.1) is 0 Å². The second kappa shape index (κ2) is 26.9. The van der Waals surface area contributed by atoms with Crippen molar-refractivity contribution in [2.24, 2.45) is 0 Å². The Balaban J connectivity index is 0.000000274. The Labute approximate surface area is 392 Å². The molecule has 0 amide bonds. The first-order valence-electron chi connectivity index (χ1n) is 25.6. The number of aliphatic hydroxyl groups excluding tert-OH is 1. The van der Waals surface area contributed by atoms with Crippen molar-refractivity contribution in [3.8, 4) is 0 Å². The fraction of sp³-hybridized carbons (Fsp3) is 0.885. The summed E-state index contributed by atoms with van der Waals surface area (Å²) in [6, 6.07) is 10.9. The molecule has 5 heterocycles. The Bertz CT molecular complexity index is 1210.